The molecule has 3 heteroatoms. The van der Waals surface area contributed by atoms with E-state index < -0.39 is 0 Å². The van der Waals surface area contributed by atoms with Crippen LogP contribution in [0.4, 0.5) is 0 Å². The summed E-state index contributed by atoms with van der Waals surface area (Å²) in [5.41, 5.74) is 6.08. The van der Waals surface area contributed by atoms with Gasteiger partial charge in [-0.05, 0) is 12.5 Å². The van der Waals surface area contributed by atoms with Crippen molar-refractivity contribution in [2.45, 2.75) is 83.6 Å². The normalized spacial score (nSPS) is 12.5. The molecule has 0 aromatic carbocycles. The van der Waals surface area contributed by atoms with E-state index in [9.17, 15) is 0 Å². The summed E-state index contributed by atoms with van der Waals surface area (Å²) in [6.45, 7) is 2.27. The molecule has 0 aliphatic rings. The van der Waals surface area contributed by atoms with Crippen molar-refractivity contribution in [2.75, 3.05) is 0 Å². The van der Waals surface area contributed by atoms with Crippen molar-refractivity contribution < 1.29 is 0 Å². The van der Waals surface area contributed by atoms with Crippen LogP contribution in [0.5, 0.6) is 0 Å². The molecule has 0 saturated heterocycles. The molecule has 0 aliphatic heterocycles. The summed E-state index contributed by atoms with van der Waals surface area (Å²) in [6, 6.07) is 1.83. The minimum Gasteiger partial charge on any atom is -0.321 e. The van der Waals surface area contributed by atoms with Gasteiger partial charge in [0.25, 0.3) is 0 Å². The van der Waals surface area contributed by atoms with Gasteiger partial charge in [0.1, 0.15) is 5.82 Å². The van der Waals surface area contributed by atoms with E-state index >= 15 is 0 Å². The van der Waals surface area contributed by atoms with E-state index in [0.717, 1.165) is 12.2 Å². The summed E-state index contributed by atoms with van der Waals surface area (Å²) in [6.07, 6.45) is 18.1. The number of unbranched alkanes of at least 4 members (excludes halogenated alkanes) is 9. The van der Waals surface area contributed by atoms with Crippen LogP contribution >= 0.6 is 0 Å². The number of hydrogen-bond donors (Lipinski definition) is 1. The van der Waals surface area contributed by atoms with Gasteiger partial charge in [-0.1, -0.05) is 71.1 Å². The number of nitrogens with zero attached hydrogens (tertiary/aromatic N) is 2. The highest BCUT2D eigenvalue weighted by atomic mass is 14.9. The standard InChI is InChI=1S/C17H31N3/c1-2-3-4-5-6-7-8-9-10-11-13-16(18)17-19-14-12-15-20-17/h12,14-16H,2-11,13,18H2,1H3. The molecular weight excluding hydrogens is 246 g/mol. The fourth-order valence-corrected chi connectivity index (χ4v) is 2.48. The molecule has 0 bridgehead atoms. The molecule has 1 heterocycles. The molecule has 0 aliphatic carbocycles. The summed E-state index contributed by atoms with van der Waals surface area (Å²) >= 11 is 0. The van der Waals surface area contributed by atoms with Gasteiger partial charge < -0.3 is 5.73 Å². The Bertz CT molecular complexity index is 313. The van der Waals surface area contributed by atoms with E-state index in [1.165, 1.54) is 64.2 Å². The van der Waals surface area contributed by atoms with E-state index in [1.54, 1.807) is 12.4 Å². The van der Waals surface area contributed by atoms with E-state index in [2.05, 4.69) is 16.9 Å². The highest BCUT2D eigenvalue weighted by Crippen LogP contribution is 2.15. The first kappa shape index (κ1) is 17.1. The van der Waals surface area contributed by atoms with Crippen LogP contribution in [0.25, 0.3) is 0 Å². The number of aromatic nitrogens is 2. The zero-order chi connectivity index (χ0) is 14.5. The van der Waals surface area contributed by atoms with Gasteiger partial charge in [0.15, 0.2) is 0 Å². The molecule has 0 fully saturated rings. The van der Waals surface area contributed by atoms with Gasteiger partial charge >= 0.3 is 0 Å². The lowest BCUT2D eigenvalue weighted by Gasteiger charge is -2.09. The molecule has 1 aromatic rings. The Labute approximate surface area is 124 Å². The number of nitrogens with two attached hydrogens (primary N) is 1. The van der Waals surface area contributed by atoms with E-state index in [1.807, 2.05) is 6.07 Å². The Morgan fingerprint density at radius 2 is 1.35 bits per heavy atom. The van der Waals surface area contributed by atoms with Crippen LogP contribution in [0.15, 0.2) is 18.5 Å². The highest BCUT2D eigenvalue weighted by Gasteiger charge is 2.07. The number of rotatable bonds is 12. The third-order valence-electron chi connectivity index (χ3n) is 3.79. The topological polar surface area (TPSA) is 51.8 Å². The van der Waals surface area contributed by atoms with Crippen molar-refractivity contribution in [1.29, 1.82) is 0 Å². The average Bonchev–Trinajstić information content (AvgIpc) is 2.50. The lowest BCUT2D eigenvalue weighted by molar-refractivity contribution is 0.520. The van der Waals surface area contributed by atoms with Crippen molar-refractivity contribution >= 4 is 0 Å². The summed E-state index contributed by atoms with van der Waals surface area (Å²) < 4.78 is 0. The van der Waals surface area contributed by atoms with Gasteiger partial charge in [0, 0.05) is 12.4 Å². The smallest absolute Gasteiger partial charge is 0.144 e. The van der Waals surface area contributed by atoms with Crippen LogP contribution in [-0.4, -0.2) is 9.97 Å². The van der Waals surface area contributed by atoms with Gasteiger partial charge in [-0.2, -0.15) is 0 Å². The lowest BCUT2D eigenvalue weighted by Crippen LogP contribution is -2.13. The third-order valence-corrected chi connectivity index (χ3v) is 3.79. The summed E-state index contributed by atoms with van der Waals surface area (Å²) in [5, 5.41) is 0. The van der Waals surface area contributed by atoms with Gasteiger partial charge in [0.2, 0.25) is 0 Å². The Morgan fingerprint density at radius 3 is 1.90 bits per heavy atom. The molecule has 0 spiro atoms. The zero-order valence-electron chi connectivity index (χ0n) is 13.1. The van der Waals surface area contributed by atoms with Crippen LogP contribution in [-0.2, 0) is 0 Å². The lowest BCUT2D eigenvalue weighted by atomic mass is 10.0. The maximum absolute atomic E-state index is 6.08. The quantitative estimate of drug-likeness (QED) is 0.559. The molecule has 0 amide bonds. The summed E-state index contributed by atoms with van der Waals surface area (Å²) in [5.74, 6) is 0.781. The van der Waals surface area contributed by atoms with E-state index in [4.69, 9.17) is 5.73 Å². The molecular formula is C17H31N3. The average molecular weight is 277 g/mol. The molecule has 3 nitrogen and oxygen atoms in total. The second kappa shape index (κ2) is 11.8. The maximum atomic E-state index is 6.08. The van der Waals surface area contributed by atoms with Crippen molar-refractivity contribution in [3.8, 4) is 0 Å². The van der Waals surface area contributed by atoms with Gasteiger partial charge in [0.05, 0.1) is 6.04 Å². The molecule has 0 radical (unpaired) electrons. The Balaban J connectivity index is 1.90. The molecule has 114 valence electrons. The minimum atomic E-state index is 0.00486. The first-order valence-corrected chi connectivity index (χ1v) is 8.37. The summed E-state index contributed by atoms with van der Waals surface area (Å²) in [7, 11) is 0. The van der Waals surface area contributed by atoms with Crippen LogP contribution in [0.3, 0.4) is 0 Å². The van der Waals surface area contributed by atoms with Crippen LogP contribution < -0.4 is 5.73 Å². The SMILES string of the molecule is CCCCCCCCCCCCC(N)c1ncccn1. The molecule has 1 unspecified atom stereocenters. The van der Waals surface area contributed by atoms with Gasteiger partial charge in [-0.3, -0.25) is 0 Å². The largest absolute Gasteiger partial charge is 0.321 e. The second-order valence-corrected chi connectivity index (χ2v) is 5.68. The number of hydrogen-bond acceptors (Lipinski definition) is 3. The first-order valence-electron chi connectivity index (χ1n) is 8.37. The molecule has 20 heavy (non-hydrogen) atoms. The molecule has 1 aromatic heterocycles. The summed E-state index contributed by atoms with van der Waals surface area (Å²) in [4.78, 5) is 8.41. The van der Waals surface area contributed by atoms with Crippen LogP contribution in [0.1, 0.15) is 89.4 Å². The maximum Gasteiger partial charge on any atom is 0.144 e. The predicted octanol–water partition coefficient (Wildman–Crippen LogP) is 4.79. The van der Waals surface area contributed by atoms with Crippen molar-refractivity contribution in [3.63, 3.8) is 0 Å². The Hall–Kier alpha value is -0.960. The van der Waals surface area contributed by atoms with Gasteiger partial charge in [-0.15, -0.1) is 0 Å². The van der Waals surface area contributed by atoms with Crippen LogP contribution in [0.2, 0.25) is 0 Å². The van der Waals surface area contributed by atoms with E-state index in [0.29, 0.717) is 0 Å². The fourth-order valence-electron chi connectivity index (χ4n) is 2.48. The fraction of sp³-hybridized carbons (Fsp3) is 0.765. The highest BCUT2D eigenvalue weighted by molar-refractivity contribution is 4.94. The van der Waals surface area contributed by atoms with E-state index in [-0.39, 0.29) is 6.04 Å². The second-order valence-electron chi connectivity index (χ2n) is 5.68. The Morgan fingerprint density at radius 1 is 0.850 bits per heavy atom. The minimum absolute atomic E-state index is 0.00486. The Kier molecular flexibility index (Phi) is 10.1. The first-order chi connectivity index (χ1) is 9.84. The molecule has 1 atom stereocenters. The monoisotopic (exact) mass is 277 g/mol. The van der Waals surface area contributed by atoms with Crippen molar-refractivity contribution in [2.24, 2.45) is 5.73 Å². The predicted molar refractivity (Wildman–Crippen MR) is 85.4 cm³/mol. The van der Waals surface area contributed by atoms with Crippen molar-refractivity contribution in [1.82, 2.24) is 9.97 Å². The van der Waals surface area contributed by atoms with Gasteiger partial charge in [-0.25, -0.2) is 9.97 Å². The zero-order valence-corrected chi connectivity index (χ0v) is 13.1. The van der Waals surface area contributed by atoms with Crippen LogP contribution in [0, 0.1) is 0 Å². The molecule has 2 N–H and O–H groups in total. The van der Waals surface area contributed by atoms with Crippen molar-refractivity contribution in [3.05, 3.63) is 24.3 Å². The third kappa shape index (κ3) is 8.26. The molecule has 0 saturated carbocycles. The molecule has 1 rings (SSSR count).